The van der Waals surface area contributed by atoms with Crippen LogP contribution in [0.3, 0.4) is 0 Å². The molecule has 110 valence electrons. The van der Waals surface area contributed by atoms with Crippen molar-refractivity contribution in [1.29, 1.82) is 0 Å². The van der Waals surface area contributed by atoms with E-state index in [-0.39, 0.29) is 12.5 Å². The molecule has 1 heterocycles. The largest absolute Gasteiger partial charge is 0.494 e. The number of ether oxygens (including phenoxy) is 2. The number of hydrogen-bond acceptors (Lipinski definition) is 4. The van der Waals surface area contributed by atoms with Crippen molar-refractivity contribution in [2.75, 3.05) is 12.4 Å². The summed E-state index contributed by atoms with van der Waals surface area (Å²) in [4.78, 5) is 10.5. The summed E-state index contributed by atoms with van der Waals surface area (Å²) >= 11 is 1.60. The van der Waals surface area contributed by atoms with Gasteiger partial charge in [-0.05, 0) is 26.0 Å². The van der Waals surface area contributed by atoms with Gasteiger partial charge in [-0.3, -0.25) is 4.79 Å². The van der Waals surface area contributed by atoms with Crippen LogP contribution in [0, 0.1) is 0 Å². The number of carboxylic acids is 1. The van der Waals surface area contributed by atoms with Crippen molar-refractivity contribution >= 4 is 17.7 Å². The molecule has 0 aliphatic carbocycles. The summed E-state index contributed by atoms with van der Waals surface area (Å²) < 4.78 is 11.5. The van der Waals surface area contributed by atoms with E-state index in [4.69, 9.17) is 14.6 Å². The van der Waals surface area contributed by atoms with Crippen LogP contribution in [0.1, 0.15) is 31.4 Å². The van der Waals surface area contributed by atoms with E-state index in [2.05, 4.69) is 13.0 Å². The molecule has 0 aromatic heterocycles. The molecule has 0 amide bonds. The van der Waals surface area contributed by atoms with E-state index < -0.39 is 5.97 Å². The Morgan fingerprint density at radius 2 is 2.35 bits per heavy atom. The van der Waals surface area contributed by atoms with Crippen LogP contribution in [0.15, 0.2) is 12.1 Å². The Bertz CT molecular complexity index is 487. The Morgan fingerprint density at radius 3 is 3.05 bits per heavy atom. The molecule has 1 N–H and O–H groups in total. The Balaban J connectivity index is 2.06. The predicted molar refractivity (Wildman–Crippen MR) is 79.8 cm³/mol. The number of carbonyl (C=O) groups is 1. The maximum Gasteiger partial charge on any atom is 0.304 e. The topological polar surface area (TPSA) is 55.8 Å². The van der Waals surface area contributed by atoms with Crippen LogP contribution in [-0.4, -0.2) is 29.5 Å². The average molecular weight is 296 g/mol. The molecular weight excluding hydrogens is 276 g/mol. The zero-order valence-electron chi connectivity index (χ0n) is 11.8. The van der Waals surface area contributed by atoms with Crippen LogP contribution >= 0.6 is 11.8 Å². The zero-order chi connectivity index (χ0) is 14.5. The summed E-state index contributed by atoms with van der Waals surface area (Å²) in [6, 6.07) is 4.10. The number of thioether (sulfide) groups is 1. The molecule has 1 aromatic carbocycles. The van der Waals surface area contributed by atoms with Crippen LogP contribution < -0.4 is 9.47 Å². The number of carboxylic acid groups (broad SMARTS) is 1. The molecule has 0 saturated carbocycles. The lowest BCUT2D eigenvalue weighted by atomic mass is 10.1. The summed E-state index contributed by atoms with van der Waals surface area (Å²) in [6.07, 6.45) is 1.32. The second-order valence-electron chi connectivity index (χ2n) is 4.83. The summed E-state index contributed by atoms with van der Waals surface area (Å²) in [5.74, 6) is 2.43. The third-order valence-electron chi connectivity index (χ3n) is 3.10. The van der Waals surface area contributed by atoms with Gasteiger partial charge in [0.15, 0.2) is 0 Å². The van der Waals surface area contributed by atoms with Gasteiger partial charge in [0, 0.05) is 29.1 Å². The maximum absolute atomic E-state index is 10.5. The highest BCUT2D eigenvalue weighted by Gasteiger charge is 2.21. The van der Waals surface area contributed by atoms with Crippen LogP contribution in [-0.2, 0) is 17.0 Å². The molecule has 1 atom stereocenters. The van der Waals surface area contributed by atoms with Crippen LogP contribution in [0.4, 0.5) is 0 Å². The second kappa shape index (κ2) is 6.88. The predicted octanol–water partition coefficient (Wildman–Crippen LogP) is 3.12. The molecule has 0 unspecified atom stereocenters. The molecule has 20 heavy (non-hydrogen) atoms. The SMILES string of the molecule is CCOc1cc2c(cc1CSCCC(=O)O)O[C@@H](C)C2. The van der Waals surface area contributed by atoms with Crippen molar-refractivity contribution in [3.63, 3.8) is 0 Å². The second-order valence-corrected chi connectivity index (χ2v) is 5.93. The fraction of sp³-hybridized carbons (Fsp3) is 0.533. The van der Waals surface area contributed by atoms with E-state index in [0.29, 0.717) is 12.4 Å². The molecule has 5 heteroatoms. The van der Waals surface area contributed by atoms with Gasteiger partial charge >= 0.3 is 5.97 Å². The molecule has 1 aliphatic rings. The lowest BCUT2D eigenvalue weighted by Crippen LogP contribution is -2.05. The third-order valence-corrected chi connectivity index (χ3v) is 4.10. The molecule has 2 rings (SSSR count). The Kier molecular flexibility index (Phi) is 5.17. The van der Waals surface area contributed by atoms with Gasteiger partial charge in [0.05, 0.1) is 13.0 Å². The highest BCUT2D eigenvalue weighted by atomic mass is 32.2. The Morgan fingerprint density at radius 1 is 1.55 bits per heavy atom. The van der Waals surface area contributed by atoms with Crippen molar-refractivity contribution in [3.05, 3.63) is 23.3 Å². The third kappa shape index (κ3) is 3.82. The molecule has 1 aromatic rings. The number of aliphatic carboxylic acids is 1. The van der Waals surface area contributed by atoms with Crippen LogP contribution in [0.5, 0.6) is 11.5 Å². The van der Waals surface area contributed by atoms with Crippen molar-refractivity contribution < 1.29 is 19.4 Å². The first kappa shape index (κ1) is 15.0. The van der Waals surface area contributed by atoms with Gasteiger partial charge in [0.2, 0.25) is 0 Å². The smallest absolute Gasteiger partial charge is 0.304 e. The van der Waals surface area contributed by atoms with Crippen molar-refractivity contribution in [1.82, 2.24) is 0 Å². The number of fused-ring (bicyclic) bond motifs is 1. The standard InChI is InChI=1S/C15H20O4S/c1-3-18-13-7-11-6-10(2)19-14(11)8-12(13)9-20-5-4-15(16)17/h7-8,10H,3-6,9H2,1-2H3,(H,16,17)/t10-/m0/s1. The van der Waals surface area contributed by atoms with Gasteiger partial charge < -0.3 is 14.6 Å². The summed E-state index contributed by atoms with van der Waals surface area (Å²) in [5.41, 5.74) is 2.27. The Hall–Kier alpha value is -1.36. The normalized spacial score (nSPS) is 16.6. The van der Waals surface area contributed by atoms with Gasteiger partial charge in [0.25, 0.3) is 0 Å². The number of rotatable bonds is 7. The van der Waals surface area contributed by atoms with E-state index in [0.717, 1.165) is 29.2 Å². The molecular formula is C15H20O4S. The lowest BCUT2D eigenvalue weighted by Gasteiger charge is -2.12. The van der Waals surface area contributed by atoms with Crippen LogP contribution in [0.2, 0.25) is 0 Å². The number of benzene rings is 1. The Labute approximate surface area is 123 Å². The minimum absolute atomic E-state index is 0.188. The molecule has 0 radical (unpaired) electrons. The van der Waals surface area contributed by atoms with Crippen molar-refractivity contribution in [3.8, 4) is 11.5 Å². The summed E-state index contributed by atoms with van der Waals surface area (Å²) in [7, 11) is 0. The minimum atomic E-state index is -0.756. The van der Waals surface area contributed by atoms with E-state index in [1.165, 1.54) is 5.56 Å². The zero-order valence-corrected chi connectivity index (χ0v) is 12.7. The highest BCUT2D eigenvalue weighted by molar-refractivity contribution is 7.98. The van der Waals surface area contributed by atoms with Crippen LogP contribution in [0.25, 0.3) is 0 Å². The first-order chi connectivity index (χ1) is 9.60. The summed E-state index contributed by atoms with van der Waals surface area (Å²) in [6.45, 7) is 4.65. The van der Waals surface area contributed by atoms with Crippen molar-refractivity contribution in [2.45, 2.75) is 38.5 Å². The molecule has 0 fully saturated rings. The fourth-order valence-electron chi connectivity index (χ4n) is 2.23. The van der Waals surface area contributed by atoms with E-state index >= 15 is 0 Å². The van der Waals surface area contributed by atoms with E-state index in [1.54, 1.807) is 11.8 Å². The molecule has 0 bridgehead atoms. The first-order valence-corrected chi connectivity index (χ1v) is 8.00. The monoisotopic (exact) mass is 296 g/mol. The fourth-order valence-corrected chi connectivity index (χ4v) is 3.13. The molecule has 1 aliphatic heterocycles. The van der Waals surface area contributed by atoms with Gasteiger partial charge in [-0.1, -0.05) is 0 Å². The van der Waals surface area contributed by atoms with Gasteiger partial charge in [-0.25, -0.2) is 0 Å². The maximum atomic E-state index is 10.5. The van der Waals surface area contributed by atoms with Crippen molar-refractivity contribution in [2.24, 2.45) is 0 Å². The highest BCUT2D eigenvalue weighted by Crippen LogP contribution is 2.36. The first-order valence-electron chi connectivity index (χ1n) is 6.85. The minimum Gasteiger partial charge on any atom is -0.494 e. The van der Waals surface area contributed by atoms with Gasteiger partial charge in [-0.15, -0.1) is 0 Å². The molecule has 0 saturated heterocycles. The summed E-state index contributed by atoms with van der Waals surface area (Å²) in [5, 5.41) is 8.65. The molecule has 0 spiro atoms. The molecule has 4 nitrogen and oxygen atoms in total. The quantitative estimate of drug-likeness (QED) is 0.783. The van der Waals surface area contributed by atoms with Gasteiger partial charge in [0.1, 0.15) is 17.6 Å². The van der Waals surface area contributed by atoms with E-state index in [9.17, 15) is 4.79 Å². The van der Waals surface area contributed by atoms with Gasteiger partial charge in [-0.2, -0.15) is 11.8 Å². The van der Waals surface area contributed by atoms with E-state index in [1.807, 2.05) is 13.0 Å². The average Bonchev–Trinajstić information content (AvgIpc) is 2.74. The lowest BCUT2D eigenvalue weighted by molar-refractivity contribution is -0.136. The number of hydrogen-bond donors (Lipinski definition) is 1.